The summed E-state index contributed by atoms with van der Waals surface area (Å²) in [5, 5.41) is 12.3. The summed E-state index contributed by atoms with van der Waals surface area (Å²) in [6.45, 7) is 5.54. The van der Waals surface area contributed by atoms with Crippen molar-refractivity contribution in [1.82, 2.24) is 24.9 Å². The topological polar surface area (TPSA) is 90.4 Å². The SMILES string of the molecule is CC(C)Oc1cccc2ccc(-c3nnc4ccc([C@](C)(C(F)(F)F)[C@]5(N)CCNC5)cn34)nc12. The molecule has 0 amide bonds. The molecule has 1 aromatic carbocycles. The predicted octanol–water partition coefficient (Wildman–Crippen LogP) is 4.24. The Balaban J connectivity index is 1.67. The van der Waals surface area contributed by atoms with E-state index in [1.807, 2.05) is 38.1 Å². The average molecular weight is 485 g/mol. The van der Waals surface area contributed by atoms with Crippen LogP contribution in [0.2, 0.25) is 0 Å². The molecule has 3 aromatic heterocycles. The van der Waals surface area contributed by atoms with Gasteiger partial charge in [-0.2, -0.15) is 13.2 Å². The van der Waals surface area contributed by atoms with E-state index in [1.165, 1.54) is 25.3 Å². The molecule has 1 aliphatic heterocycles. The number of hydrogen-bond donors (Lipinski definition) is 2. The highest BCUT2D eigenvalue weighted by Crippen LogP contribution is 2.49. The summed E-state index contributed by atoms with van der Waals surface area (Å²) < 4.78 is 51.2. The van der Waals surface area contributed by atoms with Gasteiger partial charge in [0.1, 0.15) is 22.4 Å². The van der Waals surface area contributed by atoms with Crippen molar-refractivity contribution in [3.63, 3.8) is 0 Å². The third-order valence-corrected chi connectivity index (χ3v) is 7.01. The Labute approximate surface area is 200 Å². The molecule has 0 spiro atoms. The smallest absolute Gasteiger partial charge is 0.400 e. The Morgan fingerprint density at radius 2 is 1.91 bits per heavy atom. The molecule has 0 radical (unpaired) electrons. The molecule has 0 saturated carbocycles. The average Bonchev–Trinajstić information content (AvgIpc) is 3.44. The van der Waals surface area contributed by atoms with Crippen LogP contribution in [0.5, 0.6) is 5.75 Å². The van der Waals surface area contributed by atoms with Crippen LogP contribution >= 0.6 is 0 Å². The van der Waals surface area contributed by atoms with Crippen LogP contribution < -0.4 is 15.8 Å². The normalized spacial score (nSPS) is 20.6. The molecule has 4 aromatic rings. The number of benzene rings is 1. The molecule has 0 bridgehead atoms. The van der Waals surface area contributed by atoms with Gasteiger partial charge in [0, 0.05) is 23.7 Å². The number of fused-ring (bicyclic) bond motifs is 2. The van der Waals surface area contributed by atoms with E-state index in [-0.39, 0.29) is 24.6 Å². The summed E-state index contributed by atoms with van der Waals surface area (Å²) in [6, 6.07) is 12.3. The number of halogens is 3. The lowest BCUT2D eigenvalue weighted by Gasteiger charge is -2.45. The zero-order valence-electron chi connectivity index (χ0n) is 19.7. The maximum atomic E-state index is 14.6. The molecule has 7 nitrogen and oxygen atoms in total. The van der Waals surface area contributed by atoms with Crippen LogP contribution in [-0.2, 0) is 5.41 Å². The molecule has 184 valence electrons. The minimum Gasteiger partial charge on any atom is -0.489 e. The number of rotatable bonds is 5. The van der Waals surface area contributed by atoms with Gasteiger partial charge >= 0.3 is 6.18 Å². The number of nitrogens with zero attached hydrogens (tertiary/aromatic N) is 4. The second-order valence-electron chi connectivity index (χ2n) is 9.57. The Kier molecular flexibility index (Phi) is 5.48. The lowest BCUT2D eigenvalue weighted by molar-refractivity contribution is -0.203. The largest absolute Gasteiger partial charge is 0.489 e. The number of aromatic nitrogens is 4. The number of alkyl halides is 3. The summed E-state index contributed by atoms with van der Waals surface area (Å²) in [4.78, 5) is 4.75. The van der Waals surface area contributed by atoms with Gasteiger partial charge in [0.25, 0.3) is 0 Å². The molecule has 4 heterocycles. The van der Waals surface area contributed by atoms with E-state index >= 15 is 0 Å². The van der Waals surface area contributed by atoms with Gasteiger partial charge < -0.3 is 15.8 Å². The molecular formula is C25H27F3N6O. The van der Waals surface area contributed by atoms with E-state index in [2.05, 4.69) is 15.5 Å². The van der Waals surface area contributed by atoms with Gasteiger partial charge in [0.15, 0.2) is 11.5 Å². The maximum Gasteiger partial charge on any atom is 0.400 e. The number of pyridine rings is 2. The standard InChI is InChI=1S/C25H27F3N6O/c1-15(2)35-19-6-4-5-16-7-9-18(31-21(16)19)22-33-32-20-10-8-17(13-34(20)22)23(3,25(26,27)28)24(29)11-12-30-14-24/h4-10,13,15,30H,11-12,14,29H2,1-3H3/t23-,24-/m0/s1. The van der Waals surface area contributed by atoms with Gasteiger partial charge in [0.05, 0.1) is 6.10 Å². The number of hydrogen-bond acceptors (Lipinski definition) is 6. The van der Waals surface area contributed by atoms with Crippen molar-refractivity contribution in [2.45, 2.75) is 50.4 Å². The van der Waals surface area contributed by atoms with E-state index < -0.39 is 17.1 Å². The summed E-state index contributed by atoms with van der Waals surface area (Å²) >= 11 is 0. The van der Waals surface area contributed by atoms with Crippen LogP contribution in [0.1, 0.15) is 32.8 Å². The first-order valence-electron chi connectivity index (χ1n) is 11.5. The Morgan fingerprint density at radius 3 is 2.60 bits per heavy atom. The summed E-state index contributed by atoms with van der Waals surface area (Å²) in [5.74, 6) is 0.959. The minimum absolute atomic E-state index is 0.0451. The van der Waals surface area contributed by atoms with Gasteiger partial charge in [-0.05, 0) is 57.5 Å². The van der Waals surface area contributed by atoms with Crippen molar-refractivity contribution in [3.8, 4) is 17.3 Å². The molecule has 1 fully saturated rings. The fourth-order valence-electron chi connectivity index (χ4n) is 4.83. The van der Waals surface area contributed by atoms with Crippen molar-refractivity contribution in [2.24, 2.45) is 5.73 Å². The van der Waals surface area contributed by atoms with Crippen molar-refractivity contribution in [1.29, 1.82) is 0 Å². The van der Waals surface area contributed by atoms with E-state index in [9.17, 15) is 13.2 Å². The van der Waals surface area contributed by atoms with Crippen LogP contribution in [0.25, 0.3) is 28.1 Å². The van der Waals surface area contributed by atoms with E-state index in [0.717, 1.165) is 5.39 Å². The molecule has 2 atom stereocenters. The molecule has 10 heteroatoms. The fourth-order valence-corrected chi connectivity index (χ4v) is 4.83. The summed E-state index contributed by atoms with van der Waals surface area (Å²) in [7, 11) is 0. The van der Waals surface area contributed by atoms with Gasteiger partial charge in [0.2, 0.25) is 0 Å². The first-order valence-corrected chi connectivity index (χ1v) is 11.5. The highest BCUT2D eigenvalue weighted by atomic mass is 19.4. The molecular weight excluding hydrogens is 457 g/mol. The molecule has 3 N–H and O–H groups in total. The first kappa shape index (κ1) is 23.5. The molecule has 0 aliphatic carbocycles. The summed E-state index contributed by atoms with van der Waals surface area (Å²) in [5.41, 5.74) is 4.20. The predicted molar refractivity (Wildman–Crippen MR) is 127 cm³/mol. The quantitative estimate of drug-likeness (QED) is 0.440. The second-order valence-corrected chi connectivity index (χ2v) is 9.57. The van der Waals surface area contributed by atoms with Crippen LogP contribution in [0.3, 0.4) is 0 Å². The number of para-hydroxylation sites is 1. The Hall–Kier alpha value is -3.24. The lowest BCUT2D eigenvalue weighted by atomic mass is 9.66. The van der Waals surface area contributed by atoms with Crippen LogP contribution in [0, 0.1) is 0 Å². The van der Waals surface area contributed by atoms with E-state index in [4.69, 9.17) is 15.5 Å². The van der Waals surface area contributed by atoms with Crippen LogP contribution in [0.4, 0.5) is 13.2 Å². The third-order valence-electron chi connectivity index (χ3n) is 7.01. The zero-order valence-corrected chi connectivity index (χ0v) is 19.7. The van der Waals surface area contributed by atoms with Crippen LogP contribution in [0.15, 0.2) is 48.7 Å². The number of ether oxygens (including phenoxy) is 1. The molecule has 1 saturated heterocycles. The first-order chi connectivity index (χ1) is 16.5. The maximum absolute atomic E-state index is 14.6. The van der Waals surface area contributed by atoms with Crippen molar-refractivity contribution < 1.29 is 17.9 Å². The fraction of sp³-hybridized carbons (Fsp3) is 0.400. The van der Waals surface area contributed by atoms with Crippen molar-refractivity contribution in [2.75, 3.05) is 13.1 Å². The summed E-state index contributed by atoms with van der Waals surface area (Å²) in [6.07, 6.45) is -2.97. The van der Waals surface area contributed by atoms with Crippen LogP contribution in [-0.4, -0.2) is 50.5 Å². The van der Waals surface area contributed by atoms with Gasteiger partial charge in [-0.3, -0.25) is 4.40 Å². The Bertz CT molecular complexity index is 1390. The lowest BCUT2D eigenvalue weighted by Crippen LogP contribution is -2.64. The van der Waals surface area contributed by atoms with E-state index in [0.29, 0.717) is 35.0 Å². The number of nitrogens with two attached hydrogens (primary N) is 1. The highest BCUT2D eigenvalue weighted by Gasteiger charge is 2.63. The minimum atomic E-state index is -4.57. The molecule has 5 rings (SSSR count). The van der Waals surface area contributed by atoms with E-state index in [1.54, 1.807) is 10.5 Å². The monoisotopic (exact) mass is 484 g/mol. The zero-order chi connectivity index (χ0) is 25.0. The van der Waals surface area contributed by atoms with Gasteiger partial charge in [-0.15, -0.1) is 10.2 Å². The van der Waals surface area contributed by atoms with Crippen molar-refractivity contribution >= 4 is 16.6 Å². The van der Waals surface area contributed by atoms with Gasteiger partial charge in [-0.25, -0.2) is 4.98 Å². The molecule has 35 heavy (non-hydrogen) atoms. The molecule has 0 unspecified atom stereocenters. The third kappa shape index (κ3) is 3.71. The second kappa shape index (κ2) is 8.17. The highest BCUT2D eigenvalue weighted by molar-refractivity contribution is 5.86. The van der Waals surface area contributed by atoms with Crippen molar-refractivity contribution in [3.05, 3.63) is 54.2 Å². The van der Waals surface area contributed by atoms with Gasteiger partial charge in [-0.1, -0.05) is 24.3 Å². The molecule has 1 aliphatic rings. The Morgan fingerprint density at radius 1 is 1.11 bits per heavy atom. The number of nitrogens with one attached hydrogen (secondary N) is 1.